The molecule has 2 rings (SSSR count). The number of hydrogen-bond acceptors (Lipinski definition) is 5. The second-order valence-corrected chi connectivity index (χ2v) is 4.24. The van der Waals surface area contributed by atoms with Crippen LogP contribution < -0.4 is 11.0 Å². The van der Waals surface area contributed by atoms with Crippen molar-refractivity contribution in [3.05, 3.63) is 54.0 Å². The SMILES string of the molecule is Cc1cc(C)c2c(=O)c(O)c([N+](=O)[O-])c(=O)[nH]c2c1. The summed E-state index contributed by atoms with van der Waals surface area (Å²) >= 11 is 0. The van der Waals surface area contributed by atoms with Crippen LogP contribution in [0.3, 0.4) is 0 Å². The average Bonchev–Trinajstić information content (AvgIpc) is 2.34. The predicted octanol–water partition coefficient (Wildman–Crippen LogP) is 1.12. The standard InChI is InChI=1S/C12H10N2O5/c1-5-3-6(2)8-7(4-5)13-12(17)9(14(18)19)11(16)10(8)15/h3-4H,1-2H3,(H,13,17)(H,15,16). The fourth-order valence-electron chi connectivity index (χ4n) is 2.05. The Balaban J connectivity index is 3.21. The highest BCUT2D eigenvalue weighted by molar-refractivity contribution is 5.84. The third kappa shape index (κ3) is 1.95. The third-order valence-electron chi connectivity index (χ3n) is 2.79. The van der Waals surface area contributed by atoms with Crippen molar-refractivity contribution < 1.29 is 10.0 Å². The van der Waals surface area contributed by atoms with Gasteiger partial charge in [0.25, 0.3) is 0 Å². The number of aromatic nitrogens is 1. The first-order valence-electron chi connectivity index (χ1n) is 5.38. The zero-order valence-corrected chi connectivity index (χ0v) is 10.2. The van der Waals surface area contributed by atoms with Crippen LogP contribution in [0, 0.1) is 24.0 Å². The first-order chi connectivity index (χ1) is 8.82. The van der Waals surface area contributed by atoms with E-state index in [1.54, 1.807) is 19.9 Å². The minimum Gasteiger partial charge on any atom is -0.499 e. The molecule has 0 saturated heterocycles. The minimum atomic E-state index is -1.15. The van der Waals surface area contributed by atoms with E-state index in [0.717, 1.165) is 5.56 Å². The molecule has 98 valence electrons. The van der Waals surface area contributed by atoms with Gasteiger partial charge in [-0.15, -0.1) is 0 Å². The van der Waals surface area contributed by atoms with Gasteiger partial charge in [-0.2, -0.15) is 0 Å². The molecule has 0 amide bonds. The maximum Gasteiger partial charge on any atom is 0.379 e. The van der Waals surface area contributed by atoms with Crippen LogP contribution in [0.2, 0.25) is 0 Å². The maximum atomic E-state index is 12.0. The molecule has 2 N–H and O–H groups in total. The van der Waals surface area contributed by atoms with Gasteiger partial charge in [0.05, 0.1) is 15.8 Å². The van der Waals surface area contributed by atoms with E-state index in [1.807, 2.05) is 0 Å². The van der Waals surface area contributed by atoms with Gasteiger partial charge >= 0.3 is 11.2 Å². The van der Waals surface area contributed by atoms with Crippen molar-refractivity contribution in [2.45, 2.75) is 13.8 Å². The van der Waals surface area contributed by atoms with Crippen LogP contribution in [-0.2, 0) is 0 Å². The summed E-state index contributed by atoms with van der Waals surface area (Å²) in [6.45, 7) is 3.39. The topological polar surface area (TPSA) is 113 Å². The van der Waals surface area contributed by atoms with Crippen LogP contribution in [0.15, 0.2) is 21.7 Å². The van der Waals surface area contributed by atoms with Gasteiger partial charge in [-0.25, -0.2) is 0 Å². The van der Waals surface area contributed by atoms with Crippen molar-refractivity contribution in [1.82, 2.24) is 4.98 Å². The number of H-pyrrole nitrogens is 1. The molecule has 7 nitrogen and oxygen atoms in total. The minimum absolute atomic E-state index is 0.0632. The summed E-state index contributed by atoms with van der Waals surface area (Å²) in [5, 5.41) is 20.4. The summed E-state index contributed by atoms with van der Waals surface area (Å²) in [7, 11) is 0. The number of aromatic hydroxyl groups is 1. The Morgan fingerprint density at radius 3 is 2.47 bits per heavy atom. The number of nitrogens with zero attached hydrogens (tertiary/aromatic N) is 1. The molecule has 1 heterocycles. The average molecular weight is 262 g/mol. The van der Waals surface area contributed by atoms with Crippen molar-refractivity contribution >= 4 is 16.6 Å². The molecule has 0 bridgehead atoms. The van der Waals surface area contributed by atoms with E-state index in [-0.39, 0.29) is 10.9 Å². The number of fused-ring (bicyclic) bond motifs is 1. The summed E-state index contributed by atoms with van der Waals surface area (Å²) in [4.78, 5) is 35.7. The molecule has 0 fully saturated rings. The first-order valence-corrected chi connectivity index (χ1v) is 5.38. The van der Waals surface area contributed by atoms with Crippen molar-refractivity contribution in [2.24, 2.45) is 0 Å². The molecule has 0 aliphatic rings. The van der Waals surface area contributed by atoms with Crippen LogP contribution in [0.4, 0.5) is 5.69 Å². The van der Waals surface area contributed by atoms with E-state index >= 15 is 0 Å². The Kier molecular flexibility index (Phi) is 2.82. The van der Waals surface area contributed by atoms with Gasteiger partial charge in [-0.05, 0) is 31.0 Å². The Labute approximate surface area is 106 Å². The highest BCUT2D eigenvalue weighted by Crippen LogP contribution is 2.20. The molecule has 1 aromatic heterocycles. The number of nitro groups is 1. The van der Waals surface area contributed by atoms with Gasteiger partial charge in [-0.1, -0.05) is 6.07 Å². The fraction of sp³-hybridized carbons (Fsp3) is 0.167. The molecule has 0 spiro atoms. The lowest BCUT2D eigenvalue weighted by molar-refractivity contribution is -0.387. The van der Waals surface area contributed by atoms with Crippen LogP contribution in [0.5, 0.6) is 5.75 Å². The smallest absolute Gasteiger partial charge is 0.379 e. The Bertz CT molecular complexity index is 823. The van der Waals surface area contributed by atoms with Crippen LogP contribution in [0.25, 0.3) is 10.9 Å². The zero-order valence-electron chi connectivity index (χ0n) is 10.2. The van der Waals surface area contributed by atoms with Gasteiger partial charge in [0.15, 0.2) is 0 Å². The molecule has 0 atom stereocenters. The lowest BCUT2D eigenvalue weighted by atomic mass is 10.1. The second kappa shape index (κ2) is 4.20. The molecular formula is C12H10N2O5. The first kappa shape index (κ1) is 12.7. The second-order valence-electron chi connectivity index (χ2n) is 4.24. The maximum absolute atomic E-state index is 12.0. The molecule has 0 aliphatic carbocycles. The Morgan fingerprint density at radius 2 is 1.89 bits per heavy atom. The van der Waals surface area contributed by atoms with E-state index in [1.165, 1.54) is 6.07 Å². The highest BCUT2D eigenvalue weighted by atomic mass is 16.6. The van der Waals surface area contributed by atoms with Crippen LogP contribution in [0.1, 0.15) is 11.1 Å². The van der Waals surface area contributed by atoms with E-state index in [4.69, 9.17) is 0 Å². The Morgan fingerprint density at radius 1 is 1.26 bits per heavy atom. The molecule has 7 heteroatoms. The van der Waals surface area contributed by atoms with Crippen molar-refractivity contribution in [1.29, 1.82) is 0 Å². The summed E-state index contributed by atoms with van der Waals surface area (Å²) < 4.78 is 0. The van der Waals surface area contributed by atoms with Crippen molar-refractivity contribution in [3.8, 4) is 5.75 Å². The van der Waals surface area contributed by atoms with Crippen molar-refractivity contribution in [3.63, 3.8) is 0 Å². The molecular weight excluding hydrogens is 252 g/mol. The Hall–Kier alpha value is -2.70. The molecule has 0 unspecified atom stereocenters. The third-order valence-corrected chi connectivity index (χ3v) is 2.79. The molecule has 2 aromatic rings. The van der Waals surface area contributed by atoms with Gasteiger partial charge in [0, 0.05) is 0 Å². The molecule has 1 aromatic carbocycles. The number of aromatic amines is 1. The molecule has 19 heavy (non-hydrogen) atoms. The van der Waals surface area contributed by atoms with Crippen LogP contribution >= 0.6 is 0 Å². The van der Waals surface area contributed by atoms with E-state index in [2.05, 4.69) is 4.98 Å². The summed E-state index contributed by atoms with van der Waals surface area (Å²) in [5.41, 5.74) is -1.71. The number of nitrogens with one attached hydrogen (secondary N) is 1. The summed E-state index contributed by atoms with van der Waals surface area (Å²) in [5.74, 6) is -1.15. The highest BCUT2D eigenvalue weighted by Gasteiger charge is 2.23. The predicted molar refractivity (Wildman–Crippen MR) is 68.6 cm³/mol. The number of rotatable bonds is 1. The van der Waals surface area contributed by atoms with Gasteiger partial charge in [0.1, 0.15) is 0 Å². The monoisotopic (exact) mass is 262 g/mol. The summed E-state index contributed by atoms with van der Waals surface area (Å²) in [6, 6.07) is 3.21. The lowest BCUT2D eigenvalue weighted by Gasteiger charge is -1.99. The molecule has 0 radical (unpaired) electrons. The van der Waals surface area contributed by atoms with Crippen molar-refractivity contribution in [2.75, 3.05) is 0 Å². The number of aryl methyl sites for hydroxylation is 2. The molecule has 0 saturated carbocycles. The van der Waals surface area contributed by atoms with Gasteiger partial charge in [-0.3, -0.25) is 19.7 Å². The largest absolute Gasteiger partial charge is 0.499 e. The molecule has 0 aliphatic heterocycles. The van der Waals surface area contributed by atoms with Gasteiger partial charge < -0.3 is 10.1 Å². The zero-order chi connectivity index (χ0) is 14.3. The van der Waals surface area contributed by atoms with Crippen LogP contribution in [-0.4, -0.2) is 15.0 Å². The lowest BCUT2D eigenvalue weighted by Crippen LogP contribution is -2.09. The normalized spacial score (nSPS) is 10.6. The fourth-order valence-corrected chi connectivity index (χ4v) is 2.05. The van der Waals surface area contributed by atoms with E-state index < -0.39 is 27.3 Å². The number of benzene rings is 1. The van der Waals surface area contributed by atoms with E-state index in [9.17, 15) is 24.8 Å². The quantitative estimate of drug-likeness (QED) is 0.590. The van der Waals surface area contributed by atoms with E-state index in [0.29, 0.717) is 5.56 Å². The van der Waals surface area contributed by atoms with Gasteiger partial charge in [0.2, 0.25) is 11.2 Å². The summed E-state index contributed by atoms with van der Waals surface area (Å²) in [6.07, 6.45) is 0. The number of hydrogen-bond donors (Lipinski definition) is 2.